The third-order valence-electron chi connectivity index (χ3n) is 6.23. The average molecular weight is 495 g/mol. The monoisotopic (exact) mass is 494 g/mol. The molecule has 0 aliphatic carbocycles. The lowest BCUT2D eigenvalue weighted by Crippen LogP contribution is -2.17. The largest absolute Gasteiger partial charge is 0.507 e. The lowest BCUT2D eigenvalue weighted by atomic mass is 9.78. The Bertz CT molecular complexity index is 1120. The van der Waals surface area contributed by atoms with Crippen molar-refractivity contribution in [3.8, 4) is 23.0 Å². The molecule has 0 aliphatic rings. The Morgan fingerprint density at radius 1 is 0.972 bits per heavy atom. The van der Waals surface area contributed by atoms with Crippen molar-refractivity contribution in [2.24, 2.45) is 0 Å². The molecule has 0 saturated carbocycles. The van der Waals surface area contributed by atoms with E-state index in [2.05, 4.69) is 59.8 Å². The molecule has 0 radical (unpaired) electrons. The van der Waals surface area contributed by atoms with Crippen molar-refractivity contribution in [3.05, 3.63) is 64.5 Å². The van der Waals surface area contributed by atoms with Crippen molar-refractivity contribution >= 4 is 0 Å². The summed E-state index contributed by atoms with van der Waals surface area (Å²) < 4.78 is 12.0. The maximum atomic E-state index is 11.0. The first-order chi connectivity index (χ1) is 16.9. The topological polar surface area (TPSA) is 87.8 Å². The highest BCUT2D eigenvalue weighted by molar-refractivity contribution is 5.63. The van der Waals surface area contributed by atoms with Gasteiger partial charge in [-0.2, -0.15) is 0 Å². The first-order valence-electron chi connectivity index (χ1n) is 12.8. The van der Waals surface area contributed by atoms with E-state index in [1.165, 1.54) is 0 Å². The molecule has 0 unspecified atom stereocenters. The number of aromatic hydroxyl groups is 1. The van der Waals surface area contributed by atoms with E-state index in [-0.39, 0.29) is 17.4 Å². The molecule has 0 fully saturated rings. The van der Waals surface area contributed by atoms with E-state index < -0.39 is 0 Å². The van der Waals surface area contributed by atoms with Crippen molar-refractivity contribution < 1.29 is 19.4 Å². The van der Waals surface area contributed by atoms with Crippen molar-refractivity contribution in [2.75, 3.05) is 19.8 Å². The van der Waals surface area contributed by atoms with Crippen LogP contribution in [0.25, 0.3) is 11.5 Å². The maximum Gasteiger partial charge on any atom is 0.226 e. The van der Waals surface area contributed by atoms with Crippen LogP contribution in [0.3, 0.4) is 0 Å². The molecule has 0 saturated heterocycles. The standard InChI is InChI=1S/C30H42N2O4/c1-8-31-18-22-15-20(11-13-33)9-10-26(22)35-14-12-23-19-36-28(32-23)21-16-24(29(2,3)4)27(34)25(17-21)30(5,6)7/h9-10,15-17,19,31,33-34H,8,11-14,18H2,1-7H3. The van der Waals surface area contributed by atoms with Crippen LogP contribution in [0.5, 0.6) is 11.5 Å². The molecule has 0 spiro atoms. The second kappa shape index (κ2) is 11.5. The van der Waals surface area contributed by atoms with E-state index in [1.807, 2.05) is 24.3 Å². The Hall–Kier alpha value is -2.83. The summed E-state index contributed by atoms with van der Waals surface area (Å²) >= 11 is 0. The number of hydrogen-bond acceptors (Lipinski definition) is 6. The van der Waals surface area contributed by atoms with Crippen LogP contribution >= 0.6 is 0 Å². The van der Waals surface area contributed by atoms with Crippen LogP contribution in [0.15, 0.2) is 41.0 Å². The predicted molar refractivity (Wildman–Crippen MR) is 145 cm³/mol. The number of phenolic OH excluding ortho intramolecular Hbond substituents is 1. The zero-order valence-corrected chi connectivity index (χ0v) is 22.9. The number of phenols is 1. The quantitative estimate of drug-likeness (QED) is 0.325. The molecule has 1 aromatic heterocycles. The zero-order chi connectivity index (χ0) is 26.5. The third-order valence-corrected chi connectivity index (χ3v) is 6.23. The first kappa shape index (κ1) is 27.8. The maximum absolute atomic E-state index is 11.0. The number of benzene rings is 2. The minimum absolute atomic E-state index is 0.130. The molecule has 6 nitrogen and oxygen atoms in total. The van der Waals surface area contributed by atoms with Gasteiger partial charge in [-0.1, -0.05) is 60.6 Å². The molecule has 3 aromatic rings. The average Bonchev–Trinajstić information content (AvgIpc) is 3.26. The molecule has 0 bridgehead atoms. The van der Waals surface area contributed by atoms with Crippen LogP contribution in [-0.4, -0.2) is 35.0 Å². The Balaban J connectivity index is 1.78. The Morgan fingerprint density at radius 2 is 1.64 bits per heavy atom. The van der Waals surface area contributed by atoms with Crippen LogP contribution in [0.4, 0.5) is 0 Å². The van der Waals surface area contributed by atoms with E-state index in [0.717, 1.165) is 45.8 Å². The summed E-state index contributed by atoms with van der Waals surface area (Å²) in [5.41, 5.74) is 5.17. The van der Waals surface area contributed by atoms with E-state index in [9.17, 15) is 10.2 Å². The summed E-state index contributed by atoms with van der Waals surface area (Å²) in [6.45, 7) is 16.8. The molecule has 2 aromatic carbocycles. The summed E-state index contributed by atoms with van der Waals surface area (Å²) in [7, 11) is 0. The van der Waals surface area contributed by atoms with E-state index in [0.29, 0.717) is 37.6 Å². The highest BCUT2D eigenvalue weighted by Gasteiger charge is 2.27. The van der Waals surface area contributed by atoms with Gasteiger partial charge in [0.25, 0.3) is 0 Å². The fourth-order valence-electron chi connectivity index (χ4n) is 4.18. The highest BCUT2D eigenvalue weighted by Crippen LogP contribution is 2.41. The molecule has 0 aliphatic heterocycles. The molecule has 196 valence electrons. The minimum Gasteiger partial charge on any atom is -0.507 e. The molecule has 6 heteroatoms. The van der Waals surface area contributed by atoms with Crippen LogP contribution in [-0.2, 0) is 30.2 Å². The van der Waals surface area contributed by atoms with Gasteiger partial charge in [-0.05, 0) is 47.6 Å². The smallest absolute Gasteiger partial charge is 0.226 e. The SMILES string of the molecule is CCNCc1cc(CCO)ccc1OCCc1coc(-c2cc(C(C)(C)C)c(O)c(C(C)(C)C)c2)n1. The second-order valence-corrected chi connectivity index (χ2v) is 11.4. The molecule has 0 atom stereocenters. The van der Waals surface area contributed by atoms with E-state index in [4.69, 9.17) is 14.1 Å². The van der Waals surface area contributed by atoms with Crippen molar-refractivity contribution in [1.82, 2.24) is 10.3 Å². The van der Waals surface area contributed by atoms with Gasteiger partial charge in [0.15, 0.2) is 0 Å². The van der Waals surface area contributed by atoms with Gasteiger partial charge in [0, 0.05) is 41.8 Å². The number of nitrogens with zero attached hydrogens (tertiary/aromatic N) is 1. The number of aromatic nitrogens is 1. The number of hydrogen-bond donors (Lipinski definition) is 3. The molecule has 1 heterocycles. The van der Waals surface area contributed by atoms with Gasteiger partial charge in [0.1, 0.15) is 17.8 Å². The summed E-state index contributed by atoms with van der Waals surface area (Å²) in [4.78, 5) is 4.73. The number of oxazole rings is 1. The van der Waals surface area contributed by atoms with E-state index in [1.54, 1.807) is 6.26 Å². The molecule has 36 heavy (non-hydrogen) atoms. The van der Waals surface area contributed by atoms with Crippen molar-refractivity contribution in [3.63, 3.8) is 0 Å². The Labute approximate surface area is 215 Å². The van der Waals surface area contributed by atoms with Gasteiger partial charge < -0.3 is 24.7 Å². The van der Waals surface area contributed by atoms with Gasteiger partial charge in [-0.25, -0.2) is 4.98 Å². The van der Waals surface area contributed by atoms with Gasteiger partial charge in [-0.3, -0.25) is 0 Å². The Kier molecular flexibility index (Phi) is 8.85. The van der Waals surface area contributed by atoms with E-state index >= 15 is 0 Å². The van der Waals surface area contributed by atoms with Crippen molar-refractivity contribution in [1.29, 1.82) is 0 Å². The summed E-state index contributed by atoms with van der Waals surface area (Å²) in [6.07, 6.45) is 2.92. The second-order valence-electron chi connectivity index (χ2n) is 11.4. The minimum atomic E-state index is -0.222. The third kappa shape index (κ3) is 6.89. The van der Waals surface area contributed by atoms with Crippen LogP contribution < -0.4 is 10.1 Å². The van der Waals surface area contributed by atoms with Crippen LogP contribution in [0.1, 0.15) is 76.4 Å². The zero-order valence-electron chi connectivity index (χ0n) is 22.9. The fraction of sp³-hybridized carbons (Fsp3) is 0.500. The van der Waals surface area contributed by atoms with Gasteiger partial charge in [0.2, 0.25) is 5.89 Å². The van der Waals surface area contributed by atoms with Gasteiger partial charge >= 0.3 is 0 Å². The van der Waals surface area contributed by atoms with Crippen molar-refractivity contribution in [2.45, 2.75) is 78.7 Å². The lowest BCUT2D eigenvalue weighted by molar-refractivity contribution is 0.299. The van der Waals surface area contributed by atoms with Gasteiger partial charge in [0.05, 0.1) is 12.3 Å². The van der Waals surface area contributed by atoms with Crippen LogP contribution in [0.2, 0.25) is 0 Å². The molecule has 0 amide bonds. The molecule has 3 N–H and O–H groups in total. The highest BCUT2D eigenvalue weighted by atomic mass is 16.5. The lowest BCUT2D eigenvalue weighted by Gasteiger charge is -2.27. The Morgan fingerprint density at radius 3 is 2.22 bits per heavy atom. The summed E-state index contributed by atoms with van der Waals surface area (Å²) in [5.74, 6) is 1.73. The number of ether oxygens (including phenoxy) is 1. The predicted octanol–water partition coefficient (Wildman–Crippen LogP) is 5.91. The first-order valence-corrected chi connectivity index (χ1v) is 12.8. The number of aliphatic hydroxyl groups excluding tert-OH is 1. The summed E-state index contributed by atoms with van der Waals surface area (Å²) in [6, 6.07) is 10.0. The fourth-order valence-corrected chi connectivity index (χ4v) is 4.18. The number of nitrogens with one attached hydrogen (secondary N) is 1. The van der Waals surface area contributed by atoms with Crippen LogP contribution in [0, 0.1) is 0 Å². The number of aliphatic hydroxyl groups is 1. The number of rotatable bonds is 10. The molecular formula is C30H42N2O4. The van der Waals surface area contributed by atoms with Gasteiger partial charge in [-0.15, -0.1) is 0 Å². The summed E-state index contributed by atoms with van der Waals surface area (Å²) in [5, 5.41) is 23.6. The molecule has 3 rings (SSSR count). The molecular weight excluding hydrogens is 452 g/mol. The normalized spacial score (nSPS) is 12.2.